The average molecular weight is 524 g/mol. The van der Waals surface area contributed by atoms with Crippen LogP contribution in [-0.2, 0) is 16.1 Å². The third kappa shape index (κ3) is 4.93. The number of hydrogen-bond acceptors (Lipinski definition) is 7. The number of benzene rings is 3. The maximum Gasteiger partial charge on any atom is 0.295 e. The van der Waals surface area contributed by atoms with Crippen molar-refractivity contribution in [2.75, 3.05) is 28.4 Å². The number of likely N-dealkylation sites (tertiary alicyclic amines) is 1. The van der Waals surface area contributed by atoms with Gasteiger partial charge in [0, 0.05) is 11.6 Å². The number of nitrogens with zero attached hydrogens (tertiary/aromatic N) is 1. The van der Waals surface area contributed by atoms with Gasteiger partial charge in [0.05, 0.1) is 45.6 Å². The first-order valence-electron chi connectivity index (χ1n) is 11.3. The van der Waals surface area contributed by atoms with Crippen LogP contribution in [-0.4, -0.2) is 50.1 Å². The van der Waals surface area contributed by atoms with Crippen molar-refractivity contribution >= 4 is 29.1 Å². The van der Waals surface area contributed by atoms with Crippen LogP contribution in [0, 0.1) is 0 Å². The average Bonchev–Trinajstić information content (AvgIpc) is 3.17. The Balaban J connectivity index is 1.91. The number of Topliss-reactive ketones (excluding diaryl/α,β-unsaturated/α-hetero) is 1. The minimum atomic E-state index is -0.925. The highest BCUT2D eigenvalue weighted by molar-refractivity contribution is 6.46. The molecule has 3 aromatic rings. The van der Waals surface area contributed by atoms with Crippen molar-refractivity contribution in [2.24, 2.45) is 0 Å². The maximum atomic E-state index is 13.4. The van der Waals surface area contributed by atoms with Crippen LogP contribution in [0.25, 0.3) is 5.76 Å². The number of ketones is 1. The number of hydrogen-bond donors (Lipinski definition) is 1. The van der Waals surface area contributed by atoms with Crippen molar-refractivity contribution in [3.05, 3.63) is 87.9 Å². The lowest BCUT2D eigenvalue weighted by Crippen LogP contribution is -2.29. The molecule has 37 heavy (non-hydrogen) atoms. The lowest BCUT2D eigenvalue weighted by atomic mass is 9.94. The molecule has 1 unspecified atom stereocenters. The molecule has 1 heterocycles. The Hall–Kier alpha value is -4.17. The van der Waals surface area contributed by atoms with Crippen molar-refractivity contribution in [3.63, 3.8) is 0 Å². The van der Waals surface area contributed by atoms with Crippen LogP contribution in [0.1, 0.15) is 22.7 Å². The molecule has 8 nitrogen and oxygen atoms in total. The Bertz CT molecular complexity index is 1370. The number of amides is 1. The molecular formula is C28H26ClNO7. The van der Waals surface area contributed by atoms with Gasteiger partial charge in [0.15, 0.2) is 11.5 Å². The van der Waals surface area contributed by atoms with Crippen molar-refractivity contribution < 1.29 is 33.6 Å². The van der Waals surface area contributed by atoms with Gasteiger partial charge >= 0.3 is 0 Å². The fourth-order valence-corrected chi connectivity index (χ4v) is 4.52. The van der Waals surface area contributed by atoms with Crippen LogP contribution in [0.2, 0.25) is 5.02 Å². The van der Waals surface area contributed by atoms with Crippen molar-refractivity contribution in [1.82, 2.24) is 4.90 Å². The van der Waals surface area contributed by atoms with Gasteiger partial charge in [0.2, 0.25) is 0 Å². The van der Waals surface area contributed by atoms with Crippen LogP contribution >= 0.6 is 11.6 Å². The van der Waals surface area contributed by atoms with Gasteiger partial charge in [-0.25, -0.2) is 0 Å². The number of ether oxygens (including phenoxy) is 4. The number of aliphatic hydroxyl groups is 1. The van der Waals surface area contributed by atoms with E-state index in [-0.39, 0.29) is 17.7 Å². The number of methoxy groups -OCH3 is 4. The summed E-state index contributed by atoms with van der Waals surface area (Å²) in [6.45, 7) is 0.108. The monoisotopic (exact) mass is 523 g/mol. The SMILES string of the molecule is COc1ccc(CN2C(=O)C(=O)/C(=C(/O)c3cc(Cl)ccc3OC)C2c2ccc(OC)c(OC)c2)cc1. The molecule has 1 aliphatic rings. The summed E-state index contributed by atoms with van der Waals surface area (Å²) in [6, 6.07) is 16.0. The molecule has 3 aromatic carbocycles. The molecule has 192 valence electrons. The highest BCUT2D eigenvalue weighted by atomic mass is 35.5. The molecule has 9 heteroatoms. The van der Waals surface area contributed by atoms with Gasteiger partial charge in [-0.1, -0.05) is 29.8 Å². The highest BCUT2D eigenvalue weighted by Crippen LogP contribution is 2.44. The first-order chi connectivity index (χ1) is 17.8. The van der Waals surface area contributed by atoms with Crippen LogP contribution in [0.3, 0.4) is 0 Å². The predicted molar refractivity (Wildman–Crippen MR) is 138 cm³/mol. The van der Waals surface area contributed by atoms with Gasteiger partial charge in [0.1, 0.15) is 17.3 Å². The quantitative estimate of drug-likeness (QED) is 0.252. The lowest BCUT2D eigenvalue weighted by molar-refractivity contribution is -0.140. The molecule has 0 spiro atoms. The summed E-state index contributed by atoms with van der Waals surface area (Å²) in [7, 11) is 6.01. The molecular weight excluding hydrogens is 498 g/mol. The molecule has 4 rings (SSSR count). The van der Waals surface area contributed by atoms with Gasteiger partial charge in [-0.05, 0) is 53.6 Å². The first-order valence-corrected chi connectivity index (χ1v) is 11.7. The van der Waals surface area contributed by atoms with E-state index in [1.165, 1.54) is 32.3 Å². The van der Waals surface area contributed by atoms with Crippen LogP contribution < -0.4 is 18.9 Å². The molecule has 0 bridgehead atoms. The van der Waals surface area contributed by atoms with Crippen LogP contribution in [0.15, 0.2) is 66.2 Å². The van der Waals surface area contributed by atoms with Gasteiger partial charge in [-0.3, -0.25) is 9.59 Å². The van der Waals surface area contributed by atoms with Gasteiger partial charge in [-0.2, -0.15) is 0 Å². The standard InChI is InChI=1S/C28H26ClNO7/c1-34-19-9-5-16(6-10-19)15-30-25(17-7-11-22(36-3)23(13-17)37-4)24(27(32)28(30)33)26(31)20-14-18(29)8-12-21(20)35-2/h5-14,25,31H,15H2,1-4H3/b26-24+. The molecule has 0 radical (unpaired) electrons. The normalized spacial score (nSPS) is 16.6. The maximum absolute atomic E-state index is 13.4. The van der Waals surface area contributed by atoms with E-state index in [4.69, 9.17) is 30.5 Å². The molecule has 1 saturated heterocycles. The van der Waals surface area contributed by atoms with E-state index in [1.807, 2.05) is 12.1 Å². The summed E-state index contributed by atoms with van der Waals surface area (Å²) in [6.07, 6.45) is 0. The molecule has 1 amide bonds. The van der Waals surface area contributed by atoms with E-state index in [0.717, 1.165) is 5.56 Å². The largest absolute Gasteiger partial charge is 0.507 e. The van der Waals surface area contributed by atoms with Crippen LogP contribution in [0.5, 0.6) is 23.0 Å². The van der Waals surface area contributed by atoms with Crippen molar-refractivity contribution in [3.8, 4) is 23.0 Å². The zero-order chi connectivity index (χ0) is 26.7. The third-order valence-corrected chi connectivity index (χ3v) is 6.43. The van der Waals surface area contributed by atoms with Crippen molar-refractivity contribution in [2.45, 2.75) is 12.6 Å². The molecule has 0 aliphatic carbocycles. The number of carbonyl (C=O) groups is 2. The molecule has 0 saturated carbocycles. The zero-order valence-corrected chi connectivity index (χ0v) is 21.5. The van der Waals surface area contributed by atoms with E-state index in [9.17, 15) is 14.7 Å². The minimum absolute atomic E-state index is 0.0914. The summed E-state index contributed by atoms with van der Waals surface area (Å²) < 4.78 is 21.4. The van der Waals surface area contributed by atoms with E-state index >= 15 is 0 Å². The lowest BCUT2D eigenvalue weighted by Gasteiger charge is -2.26. The Morgan fingerprint density at radius 1 is 0.838 bits per heavy atom. The first kappa shape index (κ1) is 25.9. The summed E-state index contributed by atoms with van der Waals surface area (Å²) in [5, 5.41) is 11.8. The Morgan fingerprint density at radius 3 is 2.11 bits per heavy atom. The Kier molecular flexibility index (Phi) is 7.59. The van der Waals surface area contributed by atoms with Crippen molar-refractivity contribution in [1.29, 1.82) is 0 Å². The molecule has 1 aliphatic heterocycles. The van der Waals surface area contributed by atoms with Gasteiger partial charge < -0.3 is 29.0 Å². The number of aliphatic hydroxyl groups excluding tert-OH is 1. The Morgan fingerprint density at radius 2 is 1.49 bits per heavy atom. The topological polar surface area (TPSA) is 94.5 Å². The van der Waals surface area contributed by atoms with E-state index < -0.39 is 23.5 Å². The van der Waals surface area contributed by atoms with E-state index in [2.05, 4.69) is 0 Å². The fraction of sp³-hybridized carbons (Fsp3) is 0.214. The Labute approximate surface area is 219 Å². The smallest absolute Gasteiger partial charge is 0.295 e. The second-order valence-electron chi connectivity index (χ2n) is 8.23. The zero-order valence-electron chi connectivity index (χ0n) is 20.8. The minimum Gasteiger partial charge on any atom is -0.507 e. The fourth-order valence-electron chi connectivity index (χ4n) is 4.35. The number of carbonyl (C=O) groups excluding carboxylic acids is 2. The second-order valence-corrected chi connectivity index (χ2v) is 8.67. The molecule has 1 atom stereocenters. The van der Waals surface area contributed by atoms with Gasteiger partial charge in [0.25, 0.3) is 11.7 Å². The number of halogens is 1. The molecule has 0 aromatic heterocycles. The summed E-state index contributed by atoms with van der Waals surface area (Å²) in [4.78, 5) is 28.2. The van der Waals surface area contributed by atoms with E-state index in [1.54, 1.807) is 49.6 Å². The number of rotatable bonds is 8. The van der Waals surface area contributed by atoms with E-state index in [0.29, 0.717) is 33.6 Å². The van der Waals surface area contributed by atoms with Crippen LogP contribution in [0.4, 0.5) is 0 Å². The highest BCUT2D eigenvalue weighted by Gasteiger charge is 2.46. The second kappa shape index (κ2) is 10.8. The summed E-state index contributed by atoms with van der Waals surface area (Å²) >= 11 is 6.18. The third-order valence-electron chi connectivity index (χ3n) is 6.19. The predicted octanol–water partition coefficient (Wildman–Crippen LogP) is 5.00. The summed E-state index contributed by atoms with van der Waals surface area (Å²) in [5.74, 6) is -0.115. The summed E-state index contributed by atoms with van der Waals surface area (Å²) in [5.41, 5.74) is 1.43. The molecule has 1 fully saturated rings. The molecule has 1 N–H and O–H groups in total. The van der Waals surface area contributed by atoms with Gasteiger partial charge in [-0.15, -0.1) is 0 Å².